The highest BCUT2D eigenvalue weighted by Crippen LogP contribution is 2.06. The Morgan fingerprint density at radius 3 is 2.94 bits per heavy atom. The Hall–Kier alpha value is -0.960. The predicted octanol–water partition coefficient (Wildman–Crippen LogP) is -0.455. The van der Waals surface area contributed by atoms with Gasteiger partial charge in [0.2, 0.25) is 10.0 Å². The van der Waals surface area contributed by atoms with Crippen LogP contribution >= 0.6 is 0 Å². The summed E-state index contributed by atoms with van der Waals surface area (Å²) in [5.74, 6) is 0. The molecule has 18 heavy (non-hydrogen) atoms. The van der Waals surface area contributed by atoms with Gasteiger partial charge in [-0.05, 0) is 13.8 Å². The van der Waals surface area contributed by atoms with Gasteiger partial charge in [-0.15, -0.1) is 0 Å². The summed E-state index contributed by atoms with van der Waals surface area (Å²) >= 11 is 0. The molecule has 1 aromatic heterocycles. The van der Waals surface area contributed by atoms with Gasteiger partial charge in [0, 0.05) is 25.9 Å². The number of rotatable bonds is 8. The van der Waals surface area contributed by atoms with Gasteiger partial charge in [-0.25, -0.2) is 13.1 Å². The van der Waals surface area contributed by atoms with Gasteiger partial charge in [0.15, 0.2) is 0 Å². The van der Waals surface area contributed by atoms with E-state index in [0.29, 0.717) is 19.7 Å². The summed E-state index contributed by atoms with van der Waals surface area (Å²) in [6.07, 6.45) is 2.60. The third-order valence-electron chi connectivity index (χ3n) is 2.29. The number of aromatic nitrogens is 2. The van der Waals surface area contributed by atoms with Crippen LogP contribution in [0.1, 0.15) is 13.8 Å². The molecule has 0 aliphatic heterocycles. The van der Waals surface area contributed by atoms with Gasteiger partial charge in [0.25, 0.3) is 0 Å². The fourth-order valence-corrected chi connectivity index (χ4v) is 2.46. The van der Waals surface area contributed by atoms with E-state index in [1.807, 2.05) is 13.8 Å². The molecule has 0 aliphatic carbocycles. The maximum atomic E-state index is 11.9. The molecule has 0 aliphatic rings. The zero-order valence-electron chi connectivity index (χ0n) is 10.7. The first-order chi connectivity index (χ1) is 8.49. The molecular formula is C10H20N4O3S. The number of hydrogen-bond donors (Lipinski definition) is 2. The second kappa shape index (κ2) is 6.83. The van der Waals surface area contributed by atoms with Gasteiger partial charge < -0.3 is 10.5 Å². The summed E-state index contributed by atoms with van der Waals surface area (Å²) in [6, 6.07) is 0. The molecule has 8 heteroatoms. The zero-order chi connectivity index (χ0) is 13.6. The molecule has 0 radical (unpaired) electrons. The quantitative estimate of drug-likeness (QED) is 0.669. The van der Waals surface area contributed by atoms with Crippen LogP contribution < -0.4 is 10.5 Å². The lowest BCUT2D eigenvalue weighted by molar-refractivity contribution is 0.0799. The number of nitrogens with zero attached hydrogens (tertiary/aromatic N) is 2. The maximum absolute atomic E-state index is 11.9. The molecule has 0 aromatic carbocycles. The third-order valence-corrected chi connectivity index (χ3v) is 3.67. The first-order valence-corrected chi connectivity index (χ1v) is 7.31. The van der Waals surface area contributed by atoms with Crippen LogP contribution in [0.25, 0.3) is 0 Å². The lowest BCUT2D eigenvalue weighted by atomic mass is 10.4. The van der Waals surface area contributed by atoms with Crippen molar-refractivity contribution in [2.24, 2.45) is 5.73 Å². The minimum atomic E-state index is -3.53. The Labute approximate surface area is 107 Å². The van der Waals surface area contributed by atoms with Gasteiger partial charge in [0.05, 0.1) is 18.8 Å². The Balaban J connectivity index is 2.62. The molecule has 0 spiro atoms. The third kappa shape index (κ3) is 4.37. The van der Waals surface area contributed by atoms with E-state index in [0.717, 1.165) is 0 Å². The Kier molecular flexibility index (Phi) is 5.73. The van der Waals surface area contributed by atoms with Crippen LogP contribution in [0.4, 0.5) is 0 Å². The number of sulfonamides is 1. The smallest absolute Gasteiger partial charge is 0.243 e. The molecule has 7 nitrogen and oxygen atoms in total. The molecule has 0 saturated carbocycles. The Morgan fingerprint density at radius 2 is 2.33 bits per heavy atom. The molecular weight excluding hydrogens is 256 g/mol. The monoisotopic (exact) mass is 276 g/mol. The van der Waals surface area contributed by atoms with Crippen LogP contribution in [0, 0.1) is 0 Å². The standard InChI is InChI=1S/C10H20N4O3S/c1-3-17-9(2)6-13-18(15,16)10-7-12-14(8-10)5-4-11/h7-9,13H,3-6,11H2,1-2H3. The molecule has 3 N–H and O–H groups in total. The minimum Gasteiger partial charge on any atom is -0.377 e. The molecule has 1 unspecified atom stereocenters. The van der Waals surface area contributed by atoms with E-state index in [1.54, 1.807) is 0 Å². The summed E-state index contributed by atoms with van der Waals surface area (Å²) in [7, 11) is -3.53. The van der Waals surface area contributed by atoms with E-state index in [2.05, 4.69) is 9.82 Å². The molecule has 1 heterocycles. The number of ether oxygens (including phenoxy) is 1. The summed E-state index contributed by atoms with van der Waals surface area (Å²) in [4.78, 5) is 0.139. The summed E-state index contributed by atoms with van der Waals surface area (Å²) < 4.78 is 33.0. The van der Waals surface area contributed by atoms with E-state index in [1.165, 1.54) is 17.1 Å². The Bertz CT molecular complexity index is 457. The molecule has 0 fully saturated rings. The average Bonchev–Trinajstić information content (AvgIpc) is 2.77. The zero-order valence-corrected chi connectivity index (χ0v) is 11.5. The molecule has 0 amide bonds. The topological polar surface area (TPSA) is 99.2 Å². The van der Waals surface area contributed by atoms with Crippen molar-refractivity contribution >= 4 is 10.0 Å². The van der Waals surface area contributed by atoms with Crippen molar-refractivity contribution in [3.8, 4) is 0 Å². The normalized spacial score (nSPS) is 13.7. The van der Waals surface area contributed by atoms with Crippen molar-refractivity contribution in [2.45, 2.75) is 31.4 Å². The van der Waals surface area contributed by atoms with Crippen LogP contribution in [-0.2, 0) is 21.3 Å². The lowest BCUT2D eigenvalue weighted by Gasteiger charge is -2.12. The number of nitrogens with one attached hydrogen (secondary N) is 1. The fraction of sp³-hybridized carbons (Fsp3) is 0.700. The highest BCUT2D eigenvalue weighted by molar-refractivity contribution is 7.89. The molecule has 1 aromatic rings. The Morgan fingerprint density at radius 1 is 1.61 bits per heavy atom. The van der Waals surface area contributed by atoms with Crippen LogP contribution in [0.2, 0.25) is 0 Å². The first kappa shape index (κ1) is 15.1. The minimum absolute atomic E-state index is 0.139. The lowest BCUT2D eigenvalue weighted by Crippen LogP contribution is -2.32. The van der Waals surface area contributed by atoms with Crippen molar-refractivity contribution in [1.82, 2.24) is 14.5 Å². The summed E-state index contributed by atoms with van der Waals surface area (Å²) in [5, 5.41) is 3.92. The van der Waals surface area contributed by atoms with Crippen LogP contribution in [0.3, 0.4) is 0 Å². The molecule has 104 valence electrons. The van der Waals surface area contributed by atoms with Crippen molar-refractivity contribution in [3.05, 3.63) is 12.4 Å². The largest absolute Gasteiger partial charge is 0.377 e. The fourth-order valence-electron chi connectivity index (χ4n) is 1.39. The molecule has 0 saturated heterocycles. The van der Waals surface area contributed by atoms with Crippen molar-refractivity contribution in [3.63, 3.8) is 0 Å². The van der Waals surface area contributed by atoms with E-state index >= 15 is 0 Å². The summed E-state index contributed by atoms with van der Waals surface area (Å²) in [6.45, 7) is 5.36. The predicted molar refractivity (Wildman–Crippen MR) is 67.6 cm³/mol. The maximum Gasteiger partial charge on any atom is 0.243 e. The van der Waals surface area contributed by atoms with Crippen LogP contribution in [0.5, 0.6) is 0 Å². The number of nitrogens with two attached hydrogens (primary N) is 1. The van der Waals surface area contributed by atoms with Gasteiger partial charge in [0.1, 0.15) is 4.90 Å². The van der Waals surface area contributed by atoms with Gasteiger partial charge in [-0.1, -0.05) is 0 Å². The summed E-state index contributed by atoms with van der Waals surface area (Å²) in [5.41, 5.74) is 5.37. The molecule has 1 rings (SSSR count). The first-order valence-electron chi connectivity index (χ1n) is 5.83. The van der Waals surface area contributed by atoms with Crippen molar-refractivity contribution in [1.29, 1.82) is 0 Å². The van der Waals surface area contributed by atoms with E-state index in [9.17, 15) is 8.42 Å². The van der Waals surface area contributed by atoms with Crippen LogP contribution in [0.15, 0.2) is 17.3 Å². The SMILES string of the molecule is CCOC(C)CNS(=O)(=O)c1cnn(CCN)c1. The van der Waals surface area contributed by atoms with E-state index in [4.69, 9.17) is 10.5 Å². The van der Waals surface area contributed by atoms with Gasteiger partial charge in [-0.3, -0.25) is 4.68 Å². The highest BCUT2D eigenvalue weighted by atomic mass is 32.2. The molecule has 1 atom stereocenters. The van der Waals surface area contributed by atoms with Crippen LogP contribution in [-0.4, -0.2) is 44.0 Å². The van der Waals surface area contributed by atoms with E-state index in [-0.39, 0.29) is 17.5 Å². The van der Waals surface area contributed by atoms with Crippen molar-refractivity contribution < 1.29 is 13.2 Å². The number of hydrogen-bond acceptors (Lipinski definition) is 5. The highest BCUT2D eigenvalue weighted by Gasteiger charge is 2.17. The van der Waals surface area contributed by atoms with Crippen molar-refractivity contribution in [2.75, 3.05) is 19.7 Å². The second-order valence-electron chi connectivity index (χ2n) is 3.85. The average molecular weight is 276 g/mol. The second-order valence-corrected chi connectivity index (χ2v) is 5.61. The van der Waals surface area contributed by atoms with E-state index < -0.39 is 10.0 Å². The molecule has 0 bridgehead atoms. The van der Waals surface area contributed by atoms with Gasteiger partial charge >= 0.3 is 0 Å². The van der Waals surface area contributed by atoms with Gasteiger partial charge in [-0.2, -0.15) is 5.10 Å².